The molecule has 1 amide bonds. The minimum Gasteiger partial charge on any atom is -0.375 e. The van der Waals surface area contributed by atoms with Crippen molar-refractivity contribution in [2.24, 2.45) is 0 Å². The molecular formula is C13H15N3OS. The molecule has 0 atom stereocenters. The largest absolute Gasteiger partial charge is 0.375 e. The minimum absolute atomic E-state index is 0.130. The first-order valence-electron chi connectivity index (χ1n) is 5.77. The Balaban J connectivity index is 2.01. The van der Waals surface area contributed by atoms with Gasteiger partial charge in [-0.1, -0.05) is 42.5 Å². The normalized spacial score (nSPS) is 10.3. The first-order chi connectivity index (χ1) is 8.70. The SMILES string of the molecule is CCc1ccccc1CNC(=O)c1cnc(N)s1. The van der Waals surface area contributed by atoms with Gasteiger partial charge in [0.05, 0.1) is 6.20 Å². The van der Waals surface area contributed by atoms with Crippen LogP contribution in [0, 0.1) is 0 Å². The third-order valence-electron chi connectivity index (χ3n) is 2.69. The minimum atomic E-state index is -0.130. The van der Waals surface area contributed by atoms with Crippen molar-refractivity contribution in [2.45, 2.75) is 19.9 Å². The van der Waals surface area contributed by atoms with Crippen molar-refractivity contribution in [3.63, 3.8) is 0 Å². The molecule has 1 aromatic carbocycles. The third-order valence-corrected chi connectivity index (χ3v) is 3.51. The highest BCUT2D eigenvalue weighted by molar-refractivity contribution is 7.17. The van der Waals surface area contributed by atoms with Crippen molar-refractivity contribution >= 4 is 22.4 Å². The van der Waals surface area contributed by atoms with Crippen LogP contribution in [0.1, 0.15) is 27.7 Å². The summed E-state index contributed by atoms with van der Waals surface area (Å²) in [7, 11) is 0. The number of anilines is 1. The van der Waals surface area contributed by atoms with E-state index in [1.807, 2.05) is 18.2 Å². The number of aryl methyl sites for hydroxylation is 1. The molecule has 2 aromatic rings. The zero-order chi connectivity index (χ0) is 13.0. The van der Waals surface area contributed by atoms with Crippen molar-refractivity contribution < 1.29 is 4.79 Å². The molecule has 94 valence electrons. The lowest BCUT2D eigenvalue weighted by Crippen LogP contribution is -2.22. The molecule has 0 bridgehead atoms. The van der Waals surface area contributed by atoms with Gasteiger partial charge in [0, 0.05) is 6.54 Å². The number of hydrogen-bond donors (Lipinski definition) is 2. The van der Waals surface area contributed by atoms with Crippen LogP contribution in [0.5, 0.6) is 0 Å². The molecule has 0 aliphatic heterocycles. The van der Waals surface area contributed by atoms with E-state index < -0.39 is 0 Å². The zero-order valence-corrected chi connectivity index (χ0v) is 11.0. The number of carbonyl (C=O) groups is 1. The highest BCUT2D eigenvalue weighted by Crippen LogP contribution is 2.14. The van der Waals surface area contributed by atoms with Crippen LogP contribution in [0.2, 0.25) is 0 Å². The van der Waals surface area contributed by atoms with Crippen molar-refractivity contribution in [3.05, 3.63) is 46.5 Å². The fraction of sp³-hybridized carbons (Fsp3) is 0.231. The van der Waals surface area contributed by atoms with Gasteiger partial charge in [-0.25, -0.2) is 4.98 Å². The number of benzene rings is 1. The summed E-state index contributed by atoms with van der Waals surface area (Å²) in [6.45, 7) is 2.63. The zero-order valence-electron chi connectivity index (χ0n) is 10.1. The maximum absolute atomic E-state index is 11.8. The molecule has 0 saturated heterocycles. The number of aromatic nitrogens is 1. The Kier molecular flexibility index (Phi) is 3.94. The quantitative estimate of drug-likeness (QED) is 0.886. The summed E-state index contributed by atoms with van der Waals surface area (Å²) < 4.78 is 0. The fourth-order valence-electron chi connectivity index (χ4n) is 1.73. The van der Waals surface area contributed by atoms with Crippen molar-refractivity contribution in [2.75, 3.05) is 5.73 Å². The summed E-state index contributed by atoms with van der Waals surface area (Å²) >= 11 is 1.20. The molecule has 0 spiro atoms. The number of nitrogens with zero attached hydrogens (tertiary/aromatic N) is 1. The smallest absolute Gasteiger partial charge is 0.263 e. The van der Waals surface area contributed by atoms with Gasteiger partial charge in [-0.2, -0.15) is 0 Å². The van der Waals surface area contributed by atoms with Gasteiger partial charge >= 0.3 is 0 Å². The van der Waals surface area contributed by atoms with E-state index in [0.717, 1.165) is 12.0 Å². The number of hydrogen-bond acceptors (Lipinski definition) is 4. The number of nitrogens with one attached hydrogen (secondary N) is 1. The van der Waals surface area contributed by atoms with E-state index in [2.05, 4.69) is 23.3 Å². The second-order valence-corrected chi connectivity index (χ2v) is 4.93. The van der Waals surface area contributed by atoms with E-state index in [1.54, 1.807) is 0 Å². The molecule has 4 nitrogen and oxygen atoms in total. The third kappa shape index (κ3) is 2.87. The first-order valence-corrected chi connectivity index (χ1v) is 6.58. The average molecular weight is 261 g/mol. The monoisotopic (exact) mass is 261 g/mol. The maximum Gasteiger partial charge on any atom is 0.263 e. The molecular weight excluding hydrogens is 246 g/mol. The average Bonchev–Trinajstić information content (AvgIpc) is 2.83. The highest BCUT2D eigenvalue weighted by Gasteiger charge is 2.09. The number of amides is 1. The Morgan fingerprint density at radius 2 is 2.11 bits per heavy atom. The molecule has 0 unspecified atom stereocenters. The summed E-state index contributed by atoms with van der Waals surface area (Å²) in [6, 6.07) is 8.09. The standard InChI is InChI=1S/C13H15N3OS/c1-2-9-5-3-4-6-10(9)7-15-12(17)11-8-16-13(14)18-11/h3-6,8H,2,7H2,1H3,(H2,14,16)(H,15,17). The van der Waals surface area contributed by atoms with Crippen LogP contribution in [0.15, 0.2) is 30.5 Å². The second-order valence-electron chi connectivity index (χ2n) is 3.87. The summed E-state index contributed by atoms with van der Waals surface area (Å²) in [4.78, 5) is 16.2. The lowest BCUT2D eigenvalue weighted by Gasteiger charge is -2.08. The topological polar surface area (TPSA) is 68.0 Å². The Morgan fingerprint density at radius 1 is 1.39 bits per heavy atom. The molecule has 0 fully saturated rings. The van der Waals surface area contributed by atoms with Gasteiger partial charge in [0.25, 0.3) is 5.91 Å². The van der Waals surface area contributed by atoms with Gasteiger partial charge in [-0.3, -0.25) is 4.79 Å². The van der Waals surface area contributed by atoms with Crippen LogP contribution in [0.4, 0.5) is 5.13 Å². The molecule has 2 rings (SSSR count). The van der Waals surface area contributed by atoms with Crippen molar-refractivity contribution in [1.29, 1.82) is 0 Å². The summed E-state index contributed by atoms with van der Waals surface area (Å²) in [5, 5.41) is 3.29. The van der Waals surface area contributed by atoms with E-state index in [0.29, 0.717) is 16.6 Å². The van der Waals surface area contributed by atoms with Gasteiger partial charge < -0.3 is 11.1 Å². The van der Waals surface area contributed by atoms with Crippen molar-refractivity contribution in [3.8, 4) is 0 Å². The maximum atomic E-state index is 11.8. The van der Waals surface area contributed by atoms with Crippen LogP contribution in [-0.4, -0.2) is 10.9 Å². The molecule has 3 N–H and O–H groups in total. The van der Waals surface area contributed by atoms with Crippen molar-refractivity contribution in [1.82, 2.24) is 10.3 Å². The molecule has 0 saturated carbocycles. The Labute approximate surface area is 110 Å². The Morgan fingerprint density at radius 3 is 2.72 bits per heavy atom. The van der Waals surface area contributed by atoms with Gasteiger partial charge in [0.2, 0.25) is 0 Å². The summed E-state index contributed by atoms with van der Waals surface area (Å²) in [6.07, 6.45) is 2.46. The molecule has 1 heterocycles. The fourth-order valence-corrected chi connectivity index (χ4v) is 2.33. The molecule has 1 aromatic heterocycles. The van der Waals surface area contributed by atoms with E-state index in [4.69, 9.17) is 5.73 Å². The number of rotatable bonds is 4. The predicted octanol–water partition coefficient (Wildman–Crippen LogP) is 2.22. The van der Waals surface area contributed by atoms with Gasteiger partial charge in [0.1, 0.15) is 4.88 Å². The van der Waals surface area contributed by atoms with Gasteiger partial charge in [-0.15, -0.1) is 0 Å². The lowest BCUT2D eigenvalue weighted by atomic mass is 10.1. The van der Waals surface area contributed by atoms with Gasteiger partial charge in [0.15, 0.2) is 5.13 Å². The Hall–Kier alpha value is -1.88. The van der Waals surface area contributed by atoms with E-state index in [9.17, 15) is 4.79 Å². The number of nitrogen functional groups attached to an aromatic ring is 1. The van der Waals surface area contributed by atoms with Crippen LogP contribution < -0.4 is 11.1 Å². The molecule has 0 aliphatic rings. The lowest BCUT2D eigenvalue weighted by molar-refractivity contribution is 0.0954. The summed E-state index contributed by atoms with van der Waals surface area (Å²) in [5.41, 5.74) is 7.89. The molecule has 0 aliphatic carbocycles. The first kappa shape index (κ1) is 12.6. The van der Waals surface area contributed by atoms with Crippen LogP contribution in [-0.2, 0) is 13.0 Å². The van der Waals surface area contributed by atoms with E-state index >= 15 is 0 Å². The number of thiazole rings is 1. The Bertz CT molecular complexity index is 551. The second kappa shape index (κ2) is 5.64. The van der Waals surface area contributed by atoms with Gasteiger partial charge in [-0.05, 0) is 17.5 Å². The highest BCUT2D eigenvalue weighted by atomic mass is 32.1. The molecule has 18 heavy (non-hydrogen) atoms. The molecule has 0 radical (unpaired) electrons. The summed E-state index contributed by atoms with van der Waals surface area (Å²) in [5.74, 6) is -0.130. The molecule has 5 heteroatoms. The number of nitrogens with two attached hydrogens (primary N) is 1. The number of carbonyl (C=O) groups excluding carboxylic acids is 1. The van der Waals surface area contributed by atoms with E-state index in [-0.39, 0.29) is 5.91 Å². The van der Waals surface area contributed by atoms with Crippen LogP contribution in [0.3, 0.4) is 0 Å². The van der Waals surface area contributed by atoms with Crippen LogP contribution >= 0.6 is 11.3 Å². The van der Waals surface area contributed by atoms with E-state index in [1.165, 1.54) is 23.1 Å². The predicted molar refractivity (Wildman–Crippen MR) is 73.5 cm³/mol. The van der Waals surface area contributed by atoms with Crippen LogP contribution in [0.25, 0.3) is 0 Å².